The van der Waals surface area contributed by atoms with Crippen LogP contribution >= 0.6 is 0 Å². The fourth-order valence-electron chi connectivity index (χ4n) is 2.31. The van der Waals surface area contributed by atoms with Crippen LogP contribution in [0.15, 0.2) is 36.4 Å². The standard InChI is InChI=1S/C17H19F2NO/c1-4-20-11(2)12-5-7-13(8-6-12)17-15(18)9-14(21-3)10-16(17)19/h5-11,20H,4H2,1-3H3. The Morgan fingerprint density at radius 1 is 1.10 bits per heavy atom. The number of hydrogen-bond acceptors (Lipinski definition) is 2. The molecule has 112 valence electrons. The minimum Gasteiger partial charge on any atom is -0.497 e. The Balaban J connectivity index is 2.35. The molecule has 0 heterocycles. The number of hydrogen-bond donors (Lipinski definition) is 1. The van der Waals surface area contributed by atoms with Crippen molar-refractivity contribution in [3.05, 3.63) is 53.6 Å². The molecule has 0 amide bonds. The lowest BCUT2D eigenvalue weighted by Gasteiger charge is -2.14. The minimum atomic E-state index is -0.626. The van der Waals surface area contributed by atoms with E-state index in [1.165, 1.54) is 19.2 Å². The first kappa shape index (κ1) is 15.4. The Kier molecular flexibility index (Phi) is 4.91. The molecule has 2 aromatic rings. The van der Waals surface area contributed by atoms with Crippen molar-refractivity contribution in [3.63, 3.8) is 0 Å². The van der Waals surface area contributed by atoms with Crippen LogP contribution < -0.4 is 10.1 Å². The van der Waals surface area contributed by atoms with Crippen LogP contribution in [0.4, 0.5) is 8.78 Å². The van der Waals surface area contributed by atoms with Crippen LogP contribution in [-0.2, 0) is 0 Å². The number of methoxy groups -OCH3 is 1. The molecule has 2 aromatic carbocycles. The van der Waals surface area contributed by atoms with Gasteiger partial charge in [0, 0.05) is 18.2 Å². The van der Waals surface area contributed by atoms with Crippen molar-refractivity contribution in [2.45, 2.75) is 19.9 Å². The van der Waals surface area contributed by atoms with Gasteiger partial charge in [-0.25, -0.2) is 8.78 Å². The fraction of sp³-hybridized carbons (Fsp3) is 0.294. The summed E-state index contributed by atoms with van der Waals surface area (Å²) < 4.78 is 32.9. The normalized spacial score (nSPS) is 12.2. The Morgan fingerprint density at radius 2 is 1.67 bits per heavy atom. The zero-order valence-electron chi connectivity index (χ0n) is 12.4. The average Bonchev–Trinajstić information content (AvgIpc) is 2.47. The van der Waals surface area contributed by atoms with E-state index >= 15 is 0 Å². The molecule has 2 nitrogen and oxygen atoms in total. The third-order valence-electron chi connectivity index (χ3n) is 3.46. The minimum absolute atomic E-state index is 0.0292. The average molecular weight is 291 g/mol. The van der Waals surface area contributed by atoms with Gasteiger partial charge >= 0.3 is 0 Å². The summed E-state index contributed by atoms with van der Waals surface area (Å²) in [6.07, 6.45) is 0. The van der Waals surface area contributed by atoms with Crippen LogP contribution in [-0.4, -0.2) is 13.7 Å². The summed E-state index contributed by atoms with van der Waals surface area (Å²) in [5.41, 5.74) is 1.56. The summed E-state index contributed by atoms with van der Waals surface area (Å²) in [5, 5.41) is 3.29. The second-order valence-corrected chi connectivity index (χ2v) is 4.87. The lowest BCUT2D eigenvalue weighted by Crippen LogP contribution is -2.17. The van der Waals surface area contributed by atoms with Gasteiger partial charge in [-0.05, 0) is 24.6 Å². The molecule has 0 saturated carbocycles. The number of benzene rings is 2. The van der Waals surface area contributed by atoms with Gasteiger partial charge in [-0.1, -0.05) is 31.2 Å². The molecule has 1 N–H and O–H groups in total. The topological polar surface area (TPSA) is 21.3 Å². The van der Waals surface area contributed by atoms with Crippen LogP contribution in [0.2, 0.25) is 0 Å². The Bertz CT molecular complexity index is 588. The first-order valence-electron chi connectivity index (χ1n) is 6.93. The van der Waals surface area contributed by atoms with Crippen LogP contribution in [0, 0.1) is 11.6 Å². The summed E-state index contributed by atoms with van der Waals surface area (Å²) in [7, 11) is 1.38. The fourth-order valence-corrected chi connectivity index (χ4v) is 2.31. The lowest BCUT2D eigenvalue weighted by molar-refractivity contribution is 0.407. The van der Waals surface area contributed by atoms with Gasteiger partial charge in [0.2, 0.25) is 0 Å². The number of ether oxygens (including phenoxy) is 1. The maximum atomic E-state index is 14.0. The quantitative estimate of drug-likeness (QED) is 0.886. The summed E-state index contributed by atoms with van der Waals surface area (Å²) >= 11 is 0. The molecule has 0 bridgehead atoms. The highest BCUT2D eigenvalue weighted by atomic mass is 19.1. The smallest absolute Gasteiger partial charge is 0.137 e. The predicted octanol–water partition coefficient (Wildman–Crippen LogP) is 4.31. The molecule has 0 aliphatic rings. The molecule has 2 rings (SSSR count). The molecule has 1 unspecified atom stereocenters. The molecule has 0 fully saturated rings. The molecule has 0 radical (unpaired) electrons. The maximum Gasteiger partial charge on any atom is 0.137 e. The Labute approximate surface area is 123 Å². The molecule has 0 spiro atoms. The van der Waals surface area contributed by atoms with Gasteiger partial charge in [0.25, 0.3) is 0 Å². The van der Waals surface area contributed by atoms with E-state index in [9.17, 15) is 8.78 Å². The van der Waals surface area contributed by atoms with Gasteiger partial charge in [-0.3, -0.25) is 0 Å². The monoisotopic (exact) mass is 291 g/mol. The van der Waals surface area contributed by atoms with Crippen molar-refractivity contribution in [2.24, 2.45) is 0 Å². The van der Waals surface area contributed by atoms with Crippen molar-refractivity contribution in [3.8, 4) is 16.9 Å². The molecule has 1 atom stereocenters. The number of rotatable bonds is 5. The van der Waals surface area contributed by atoms with Crippen molar-refractivity contribution < 1.29 is 13.5 Å². The zero-order chi connectivity index (χ0) is 15.4. The summed E-state index contributed by atoms with van der Waals surface area (Å²) in [6, 6.07) is 9.81. The molecular formula is C17H19F2NO. The van der Waals surface area contributed by atoms with E-state index in [2.05, 4.69) is 5.32 Å². The number of nitrogens with one attached hydrogen (secondary N) is 1. The van der Waals surface area contributed by atoms with Crippen LogP contribution in [0.3, 0.4) is 0 Å². The van der Waals surface area contributed by atoms with Gasteiger partial charge < -0.3 is 10.1 Å². The highest BCUT2D eigenvalue weighted by Gasteiger charge is 2.14. The van der Waals surface area contributed by atoms with E-state index in [1.807, 2.05) is 26.0 Å². The van der Waals surface area contributed by atoms with Crippen molar-refractivity contribution in [1.29, 1.82) is 0 Å². The van der Waals surface area contributed by atoms with Crippen molar-refractivity contribution in [1.82, 2.24) is 5.32 Å². The molecule has 0 saturated heterocycles. The van der Waals surface area contributed by atoms with Crippen molar-refractivity contribution in [2.75, 3.05) is 13.7 Å². The highest BCUT2D eigenvalue weighted by molar-refractivity contribution is 5.66. The van der Waals surface area contributed by atoms with Gasteiger partial charge in [0.1, 0.15) is 17.4 Å². The number of halogens is 2. The van der Waals surface area contributed by atoms with Crippen LogP contribution in [0.1, 0.15) is 25.5 Å². The van der Waals surface area contributed by atoms with Gasteiger partial charge in [0.15, 0.2) is 0 Å². The van der Waals surface area contributed by atoms with E-state index in [0.29, 0.717) is 5.56 Å². The zero-order valence-corrected chi connectivity index (χ0v) is 12.4. The SMILES string of the molecule is CCNC(C)c1ccc(-c2c(F)cc(OC)cc2F)cc1. The lowest BCUT2D eigenvalue weighted by atomic mass is 10.0. The third-order valence-corrected chi connectivity index (χ3v) is 3.46. The molecule has 0 aliphatic heterocycles. The largest absolute Gasteiger partial charge is 0.497 e. The predicted molar refractivity (Wildman–Crippen MR) is 80.4 cm³/mol. The van der Waals surface area contributed by atoms with Crippen LogP contribution in [0.25, 0.3) is 11.1 Å². The van der Waals surface area contributed by atoms with E-state index < -0.39 is 11.6 Å². The van der Waals surface area contributed by atoms with Crippen LogP contribution in [0.5, 0.6) is 5.75 Å². The highest BCUT2D eigenvalue weighted by Crippen LogP contribution is 2.30. The summed E-state index contributed by atoms with van der Waals surface area (Å²) in [6.45, 7) is 4.95. The molecule has 0 aliphatic carbocycles. The molecule has 4 heteroatoms. The maximum absolute atomic E-state index is 14.0. The first-order valence-corrected chi connectivity index (χ1v) is 6.93. The third kappa shape index (κ3) is 3.39. The van der Waals surface area contributed by atoms with E-state index in [-0.39, 0.29) is 17.4 Å². The van der Waals surface area contributed by atoms with Gasteiger partial charge in [0.05, 0.1) is 12.7 Å². The van der Waals surface area contributed by atoms with Gasteiger partial charge in [-0.15, -0.1) is 0 Å². The molecule has 0 aromatic heterocycles. The second-order valence-electron chi connectivity index (χ2n) is 4.87. The molecular weight excluding hydrogens is 272 g/mol. The molecule has 21 heavy (non-hydrogen) atoms. The van der Waals surface area contributed by atoms with Crippen molar-refractivity contribution >= 4 is 0 Å². The van der Waals surface area contributed by atoms with Gasteiger partial charge in [-0.2, -0.15) is 0 Å². The Hall–Kier alpha value is -1.94. The Morgan fingerprint density at radius 3 is 2.14 bits per heavy atom. The summed E-state index contributed by atoms with van der Waals surface area (Å²) in [5.74, 6) is -1.08. The van der Waals surface area contributed by atoms with E-state index in [0.717, 1.165) is 12.1 Å². The first-order chi connectivity index (χ1) is 10.1. The van der Waals surface area contributed by atoms with E-state index in [4.69, 9.17) is 4.74 Å². The second kappa shape index (κ2) is 6.68. The summed E-state index contributed by atoms with van der Waals surface area (Å²) in [4.78, 5) is 0. The van der Waals surface area contributed by atoms with E-state index in [1.54, 1.807) is 12.1 Å².